The van der Waals surface area contributed by atoms with Gasteiger partial charge in [-0.2, -0.15) is 5.10 Å². The second-order valence-corrected chi connectivity index (χ2v) is 6.68. The average molecular weight is 355 g/mol. The van der Waals surface area contributed by atoms with Crippen molar-refractivity contribution in [2.75, 3.05) is 13.1 Å². The van der Waals surface area contributed by atoms with Crippen molar-refractivity contribution in [2.45, 2.75) is 45.6 Å². The number of hydrogen-bond donors (Lipinski definition) is 0. The van der Waals surface area contributed by atoms with Crippen molar-refractivity contribution in [1.82, 2.24) is 14.7 Å². The molecule has 0 aliphatic carbocycles. The zero-order valence-corrected chi connectivity index (χ0v) is 15.4. The molecule has 26 heavy (non-hydrogen) atoms. The Kier molecular flexibility index (Phi) is 5.71. The molecule has 1 aliphatic rings. The van der Waals surface area contributed by atoms with Crippen LogP contribution in [0.25, 0.3) is 5.69 Å². The van der Waals surface area contributed by atoms with Gasteiger partial charge in [-0.1, -0.05) is 31.0 Å². The van der Waals surface area contributed by atoms with E-state index in [0.717, 1.165) is 44.5 Å². The van der Waals surface area contributed by atoms with Crippen LogP contribution in [0, 0.1) is 6.92 Å². The summed E-state index contributed by atoms with van der Waals surface area (Å²) in [6.07, 6.45) is 5.02. The number of aromatic nitrogens is 2. The molecule has 0 radical (unpaired) electrons. The van der Waals surface area contributed by atoms with Crippen molar-refractivity contribution in [3.63, 3.8) is 0 Å². The molecule has 1 aromatic carbocycles. The van der Waals surface area contributed by atoms with E-state index in [0.29, 0.717) is 11.3 Å². The van der Waals surface area contributed by atoms with Crippen LogP contribution in [0.15, 0.2) is 36.5 Å². The highest BCUT2D eigenvalue weighted by atomic mass is 16.5. The van der Waals surface area contributed by atoms with E-state index in [2.05, 4.69) is 5.10 Å². The molecule has 1 amide bonds. The molecule has 1 unspecified atom stereocenters. The number of hydrogen-bond acceptors (Lipinski definition) is 4. The predicted octanol–water partition coefficient (Wildman–Crippen LogP) is 3.13. The molecule has 3 rings (SSSR count). The molecule has 1 aliphatic heterocycles. The summed E-state index contributed by atoms with van der Waals surface area (Å²) in [7, 11) is 0. The summed E-state index contributed by atoms with van der Waals surface area (Å²) in [6, 6.07) is 9.58. The second kappa shape index (κ2) is 8.17. The zero-order valence-electron chi connectivity index (χ0n) is 15.4. The summed E-state index contributed by atoms with van der Waals surface area (Å²) in [5.74, 6) is -0.631. The molecule has 1 fully saturated rings. The minimum Gasteiger partial charge on any atom is -0.449 e. The number of rotatable bonds is 4. The Bertz CT molecular complexity index is 762. The summed E-state index contributed by atoms with van der Waals surface area (Å²) in [5.41, 5.74) is 1.94. The van der Waals surface area contributed by atoms with Crippen LogP contribution in [0.1, 0.15) is 48.7 Å². The molecule has 2 heterocycles. The Morgan fingerprint density at radius 1 is 1.08 bits per heavy atom. The minimum absolute atomic E-state index is 0.117. The first-order chi connectivity index (χ1) is 12.6. The highest BCUT2D eigenvalue weighted by molar-refractivity contribution is 5.93. The van der Waals surface area contributed by atoms with Gasteiger partial charge in [0.05, 0.1) is 17.6 Å². The Morgan fingerprint density at radius 2 is 1.73 bits per heavy atom. The van der Waals surface area contributed by atoms with E-state index in [4.69, 9.17) is 4.74 Å². The third kappa shape index (κ3) is 3.95. The van der Waals surface area contributed by atoms with Crippen molar-refractivity contribution >= 4 is 11.9 Å². The maximum absolute atomic E-state index is 12.6. The first kappa shape index (κ1) is 18.2. The number of likely N-dealkylation sites (tertiary alicyclic amines) is 1. The fraction of sp³-hybridized carbons (Fsp3) is 0.450. The number of ether oxygens (including phenoxy) is 1. The maximum atomic E-state index is 12.6. The lowest BCUT2D eigenvalue weighted by Crippen LogP contribution is -2.40. The lowest BCUT2D eigenvalue weighted by Gasteiger charge is -2.23. The lowest BCUT2D eigenvalue weighted by atomic mass is 10.2. The fourth-order valence-electron chi connectivity index (χ4n) is 3.26. The largest absolute Gasteiger partial charge is 0.449 e. The number of amides is 1. The van der Waals surface area contributed by atoms with E-state index in [1.54, 1.807) is 11.6 Å². The fourth-order valence-corrected chi connectivity index (χ4v) is 3.26. The molecule has 6 heteroatoms. The van der Waals surface area contributed by atoms with Crippen LogP contribution in [0.4, 0.5) is 0 Å². The predicted molar refractivity (Wildman–Crippen MR) is 98.2 cm³/mol. The number of nitrogens with zero attached hydrogens (tertiary/aromatic N) is 3. The van der Waals surface area contributed by atoms with Gasteiger partial charge in [0.1, 0.15) is 5.56 Å². The molecular weight excluding hydrogens is 330 g/mol. The summed E-state index contributed by atoms with van der Waals surface area (Å²) < 4.78 is 7.13. The minimum atomic E-state index is -0.792. The molecule has 1 aromatic heterocycles. The number of esters is 1. The summed E-state index contributed by atoms with van der Waals surface area (Å²) >= 11 is 0. The summed E-state index contributed by atoms with van der Waals surface area (Å²) in [4.78, 5) is 26.9. The van der Waals surface area contributed by atoms with Crippen LogP contribution in [-0.2, 0) is 9.53 Å². The standard InChI is InChI=1S/C20H25N3O3/c1-15-18(14-21-23(15)17-10-6-5-7-11-17)20(25)26-16(2)19(24)22-12-8-3-4-9-13-22/h5-7,10-11,14,16H,3-4,8-9,12-13H2,1-2H3. The van der Waals surface area contributed by atoms with Crippen LogP contribution in [0.2, 0.25) is 0 Å². The Balaban J connectivity index is 1.68. The van der Waals surface area contributed by atoms with Gasteiger partial charge in [0.15, 0.2) is 6.10 Å². The molecule has 0 spiro atoms. The quantitative estimate of drug-likeness (QED) is 0.791. The third-order valence-corrected chi connectivity index (χ3v) is 4.78. The normalized spacial score (nSPS) is 16.0. The van der Waals surface area contributed by atoms with E-state index in [9.17, 15) is 9.59 Å². The SMILES string of the molecule is Cc1c(C(=O)OC(C)C(=O)N2CCCCCC2)cnn1-c1ccccc1. The maximum Gasteiger partial charge on any atom is 0.342 e. The van der Waals surface area contributed by atoms with Gasteiger partial charge in [-0.3, -0.25) is 4.79 Å². The van der Waals surface area contributed by atoms with Crippen LogP contribution in [0.5, 0.6) is 0 Å². The molecule has 1 saturated heterocycles. The van der Waals surface area contributed by atoms with E-state index >= 15 is 0 Å². The van der Waals surface area contributed by atoms with Crippen LogP contribution < -0.4 is 0 Å². The third-order valence-electron chi connectivity index (χ3n) is 4.78. The first-order valence-electron chi connectivity index (χ1n) is 9.17. The topological polar surface area (TPSA) is 64.4 Å². The average Bonchev–Trinajstić information content (AvgIpc) is 2.85. The van der Waals surface area contributed by atoms with Crippen molar-refractivity contribution in [3.8, 4) is 5.69 Å². The van der Waals surface area contributed by atoms with E-state index in [1.165, 1.54) is 6.20 Å². The highest BCUT2D eigenvalue weighted by Crippen LogP contribution is 2.17. The van der Waals surface area contributed by atoms with Crippen molar-refractivity contribution < 1.29 is 14.3 Å². The summed E-state index contributed by atoms with van der Waals surface area (Å²) in [5, 5.41) is 4.28. The second-order valence-electron chi connectivity index (χ2n) is 6.68. The Morgan fingerprint density at radius 3 is 2.38 bits per heavy atom. The smallest absolute Gasteiger partial charge is 0.342 e. The molecule has 1 atom stereocenters. The van der Waals surface area contributed by atoms with Gasteiger partial charge in [-0.25, -0.2) is 9.48 Å². The number of benzene rings is 1. The monoisotopic (exact) mass is 355 g/mol. The van der Waals surface area contributed by atoms with Crippen molar-refractivity contribution in [3.05, 3.63) is 47.8 Å². The molecule has 138 valence electrons. The number of carbonyl (C=O) groups excluding carboxylic acids is 2. The highest BCUT2D eigenvalue weighted by Gasteiger charge is 2.26. The zero-order chi connectivity index (χ0) is 18.5. The Hall–Kier alpha value is -2.63. The van der Waals surface area contributed by atoms with Gasteiger partial charge < -0.3 is 9.64 Å². The molecule has 0 saturated carbocycles. The van der Waals surface area contributed by atoms with E-state index in [-0.39, 0.29) is 5.91 Å². The number of para-hydroxylation sites is 1. The van der Waals surface area contributed by atoms with Crippen molar-refractivity contribution in [1.29, 1.82) is 0 Å². The molecule has 0 N–H and O–H groups in total. The van der Waals surface area contributed by atoms with Crippen LogP contribution in [0.3, 0.4) is 0 Å². The molecular formula is C20H25N3O3. The van der Waals surface area contributed by atoms with Gasteiger partial charge in [-0.15, -0.1) is 0 Å². The van der Waals surface area contributed by atoms with Crippen molar-refractivity contribution in [2.24, 2.45) is 0 Å². The van der Waals surface area contributed by atoms with Gasteiger partial charge in [0.2, 0.25) is 0 Å². The molecule has 0 bridgehead atoms. The van der Waals surface area contributed by atoms with E-state index in [1.807, 2.05) is 42.2 Å². The number of carbonyl (C=O) groups is 2. The van der Waals surface area contributed by atoms with Gasteiger partial charge >= 0.3 is 5.97 Å². The Labute approximate surface area is 153 Å². The van der Waals surface area contributed by atoms with Crippen LogP contribution >= 0.6 is 0 Å². The van der Waals surface area contributed by atoms with Gasteiger partial charge in [0.25, 0.3) is 5.91 Å². The van der Waals surface area contributed by atoms with Crippen LogP contribution in [-0.4, -0.2) is 45.8 Å². The van der Waals surface area contributed by atoms with Gasteiger partial charge in [0, 0.05) is 13.1 Å². The first-order valence-corrected chi connectivity index (χ1v) is 9.17. The molecule has 2 aromatic rings. The lowest BCUT2D eigenvalue weighted by molar-refractivity contribution is -0.139. The molecule has 6 nitrogen and oxygen atoms in total. The summed E-state index contributed by atoms with van der Waals surface area (Å²) in [6.45, 7) is 4.94. The van der Waals surface area contributed by atoms with Gasteiger partial charge in [-0.05, 0) is 38.8 Å². The van der Waals surface area contributed by atoms with E-state index < -0.39 is 12.1 Å².